The molecule has 1 aromatic heterocycles. The summed E-state index contributed by atoms with van der Waals surface area (Å²) in [6.45, 7) is 8.42. The molecule has 1 N–H and O–H groups in total. The molecule has 5 heteroatoms. The molecule has 0 unspecified atom stereocenters. The Morgan fingerprint density at radius 1 is 0.972 bits per heavy atom. The monoisotopic (exact) mass is 483 g/mol. The van der Waals surface area contributed by atoms with Crippen LogP contribution in [-0.4, -0.2) is 28.6 Å². The van der Waals surface area contributed by atoms with Gasteiger partial charge in [0.05, 0.1) is 17.6 Å². The number of ether oxygens (including phenoxy) is 1. The summed E-state index contributed by atoms with van der Waals surface area (Å²) in [6, 6.07) is 22.6. The van der Waals surface area contributed by atoms with Crippen molar-refractivity contribution < 1.29 is 9.53 Å². The Morgan fingerprint density at radius 3 is 2.56 bits per heavy atom. The van der Waals surface area contributed by atoms with Crippen molar-refractivity contribution in [3.8, 4) is 5.75 Å². The molecule has 0 aliphatic heterocycles. The normalized spacial score (nSPS) is 11.1. The van der Waals surface area contributed by atoms with E-state index in [0.717, 1.165) is 66.9 Å². The highest BCUT2D eigenvalue weighted by atomic mass is 16.5. The van der Waals surface area contributed by atoms with Crippen molar-refractivity contribution in [2.75, 3.05) is 13.2 Å². The van der Waals surface area contributed by atoms with E-state index in [1.807, 2.05) is 38.1 Å². The molecule has 0 bridgehead atoms. The van der Waals surface area contributed by atoms with Gasteiger partial charge in [-0.2, -0.15) is 0 Å². The predicted molar refractivity (Wildman–Crippen MR) is 147 cm³/mol. The molecule has 0 radical (unpaired) electrons. The average Bonchev–Trinajstić information content (AvgIpc) is 3.24. The van der Waals surface area contributed by atoms with Crippen LogP contribution in [0.5, 0.6) is 5.75 Å². The molecule has 0 fully saturated rings. The first-order valence-corrected chi connectivity index (χ1v) is 13.1. The molecule has 3 aromatic carbocycles. The van der Waals surface area contributed by atoms with Crippen LogP contribution in [0.15, 0.2) is 66.7 Å². The van der Waals surface area contributed by atoms with Gasteiger partial charge in [0.1, 0.15) is 11.6 Å². The third kappa shape index (κ3) is 6.54. The number of fused-ring (bicyclic) bond motifs is 1. The third-order valence-corrected chi connectivity index (χ3v) is 6.60. The molecule has 0 aliphatic carbocycles. The molecule has 5 nitrogen and oxygen atoms in total. The quantitative estimate of drug-likeness (QED) is 0.236. The van der Waals surface area contributed by atoms with Crippen molar-refractivity contribution in [3.05, 3.63) is 94.8 Å². The fraction of sp³-hybridized carbons (Fsp3) is 0.355. The SMILES string of the molecule is CCc1ccc(OCCCCn2c(CCCNC(=O)c3ccc(C)cc3C)nc3ccccc32)cc1. The van der Waals surface area contributed by atoms with Crippen molar-refractivity contribution in [2.24, 2.45) is 0 Å². The van der Waals surface area contributed by atoms with Crippen LogP contribution in [0.2, 0.25) is 0 Å². The molecule has 1 amide bonds. The Kier molecular flexibility index (Phi) is 8.77. The third-order valence-electron chi connectivity index (χ3n) is 6.60. The molecule has 0 saturated heterocycles. The van der Waals surface area contributed by atoms with Crippen molar-refractivity contribution in [1.29, 1.82) is 0 Å². The van der Waals surface area contributed by atoms with Gasteiger partial charge in [-0.05, 0) is 81.0 Å². The van der Waals surface area contributed by atoms with Crippen LogP contribution in [0, 0.1) is 13.8 Å². The highest BCUT2D eigenvalue weighted by molar-refractivity contribution is 5.95. The van der Waals surface area contributed by atoms with E-state index in [0.29, 0.717) is 13.2 Å². The average molecular weight is 484 g/mol. The number of amides is 1. The van der Waals surface area contributed by atoms with Gasteiger partial charge >= 0.3 is 0 Å². The fourth-order valence-corrected chi connectivity index (χ4v) is 4.56. The number of imidazole rings is 1. The highest BCUT2D eigenvalue weighted by Gasteiger charge is 2.12. The number of para-hydroxylation sites is 2. The molecule has 0 saturated carbocycles. The van der Waals surface area contributed by atoms with E-state index in [9.17, 15) is 4.79 Å². The van der Waals surface area contributed by atoms with Crippen molar-refractivity contribution in [3.63, 3.8) is 0 Å². The number of unbranched alkanes of at least 4 members (excludes halogenated alkanes) is 1. The summed E-state index contributed by atoms with van der Waals surface area (Å²) in [4.78, 5) is 17.5. The summed E-state index contributed by atoms with van der Waals surface area (Å²) in [5.74, 6) is 2.00. The number of carbonyl (C=O) groups excluding carboxylic acids is 1. The van der Waals surface area contributed by atoms with Gasteiger partial charge in [-0.1, -0.05) is 48.9 Å². The van der Waals surface area contributed by atoms with E-state index in [-0.39, 0.29) is 5.91 Å². The van der Waals surface area contributed by atoms with Gasteiger partial charge in [-0.3, -0.25) is 4.79 Å². The maximum absolute atomic E-state index is 12.6. The zero-order valence-electron chi connectivity index (χ0n) is 21.7. The van der Waals surface area contributed by atoms with Crippen LogP contribution < -0.4 is 10.1 Å². The Bertz CT molecular complexity index is 1290. The standard InChI is InChI=1S/C31H37N3O2/c1-4-25-14-16-26(17-15-25)36-21-8-7-20-34-29-11-6-5-10-28(29)33-30(34)12-9-19-32-31(35)27-18-13-23(2)22-24(27)3/h5-6,10-11,13-18,22H,4,7-9,12,19-21H2,1-3H3,(H,32,35). The number of rotatable bonds is 12. The molecule has 1 heterocycles. The van der Waals surface area contributed by atoms with Gasteiger partial charge in [0.15, 0.2) is 0 Å². The molecule has 0 aliphatic rings. The number of benzene rings is 3. The molecule has 36 heavy (non-hydrogen) atoms. The van der Waals surface area contributed by atoms with E-state index >= 15 is 0 Å². The van der Waals surface area contributed by atoms with E-state index in [4.69, 9.17) is 9.72 Å². The number of hydrogen-bond acceptors (Lipinski definition) is 3. The molecule has 4 rings (SSSR count). The van der Waals surface area contributed by atoms with E-state index in [1.165, 1.54) is 16.6 Å². The smallest absolute Gasteiger partial charge is 0.251 e. The van der Waals surface area contributed by atoms with Gasteiger partial charge in [-0.25, -0.2) is 4.98 Å². The fourth-order valence-electron chi connectivity index (χ4n) is 4.56. The minimum Gasteiger partial charge on any atom is -0.494 e. The number of aromatic nitrogens is 2. The van der Waals surface area contributed by atoms with Crippen molar-refractivity contribution >= 4 is 16.9 Å². The first-order chi connectivity index (χ1) is 17.5. The number of aryl methyl sites for hydroxylation is 5. The van der Waals surface area contributed by atoms with Gasteiger partial charge in [-0.15, -0.1) is 0 Å². The van der Waals surface area contributed by atoms with Crippen LogP contribution in [0.3, 0.4) is 0 Å². The molecular weight excluding hydrogens is 446 g/mol. The predicted octanol–water partition coefficient (Wildman–Crippen LogP) is 6.44. The molecular formula is C31H37N3O2. The summed E-state index contributed by atoms with van der Waals surface area (Å²) < 4.78 is 8.26. The summed E-state index contributed by atoms with van der Waals surface area (Å²) in [6.07, 6.45) is 4.70. The number of carbonyl (C=O) groups is 1. The number of hydrogen-bond donors (Lipinski definition) is 1. The van der Waals surface area contributed by atoms with Gasteiger partial charge in [0.25, 0.3) is 5.91 Å². The highest BCUT2D eigenvalue weighted by Crippen LogP contribution is 2.19. The summed E-state index contributed by atoms with van der Waals surface area (Å²) in [7, 11) is 0. The lowest BCUT2D eigenvalue weighted by molar-refractivity contribution is 0.0952. The van der Waals surface area contributed by atoms with Crippen LogP contribution in [0.1, 0.15) is 59.1 Å². The molecule has 4 aromatic rings. The maximum Gasteiger partial charge on any atom is 0.251 e. The minimum atomic E-state index is -0.00895. The number of nitrogens with one attached hydrogen (secondary N) is 1. The zero-order chi connectivity index (χ0) is 25.3. The second-order valence-electron chi connectivity index (χ2n) is 9.40. The summed E-state index contributed by atoms with van der Waals surface area (Å²) in [5.41, 5.74) is 6.45. The lowest BCUT2D eigenvalue weighted by Gasteiger charge is -2.11. The molecule has 0 spiro atoms. The first kappa shape index (κ1) is 25.5. The van der Waals surface area contributed by atoms with Crippen LogP contribution in [0.25, 0.3) is 11.0 Å². The lowest BCUT2D eigenvalue weighted by atomic mass is 10.1. The van der Waals surface area contributed by atoms with Crippen molar-refractivity contribution in [1.82, 2.24) is 14.9 Å². The molecule has 188 valence electrons. The largest absolute Gasteiger partial charge is 0.494 e. The Hall–Kier alpha value is -3.60. The van der Waals surface area contributed by atoms with Gasteiger partial charge in [0, 0.05) is 25.1 Å². The Morgan fingerprint density at radius 2 is 1.78 bits per heavy atom. The summed E-state index contributed by atoms with van der Waals surface area (Å²) >= 11 is 0. The van der Waals surface area contributed by atoms with E-state index < -0.39 is 0 Å². The van der Waals surface area contributed by atoms with E-state index in [2.05, 4.69) is 59.3 Å². The van der Waals surface area contributed by atoms with Crippen LogP contribution >= 0.6 is 0 Å². The second kappa shape index (κ2) is 12.4. The first-order valence-electron chi connectivity index (χ1n) is 13.1. The topological polar surface area (TPSA) is 56.1 Å². The summed E-state index contributed by atoms with van der Waals surface area (Å²) in [5, 5.41) is 3.07. The zero-order valence-corrected chi connectivity index (χ0v) is 21.7. The van der Waals surface area contributed by atoms with Crippen LogP contribution in [0.4, 0.5) is 0 Å². The molecule has 0 atom stereocenters. The second-order valence-corrected chi connectivity index (χ2v) is 9.40. The van der Waals surface area contributed by atoms with E-state index in [1.54, 1.807) is 0 Å². The van der Waals surface area contributed by atoms with Crippen molar-refractivity contribution in [2.45, 2.75) is 59.4 Å². The Labute approximate surface area is 214 Å². The van der Waals surface area contributed by atoms with Crippen LogP contribution in [-0.2, 0) is 19.4 Å². The number of nitrogens with zero attached hydrogens (tertiary/aromatic N) is 2. The minimum absolute atomic E-state index is 0.00895. The maximum atomic E-state index is 12.6. The lowest BCUT2D eigenvalue weighted by Crippen LogP contribution is -2.25. The van der Waals surface area contributed by atoms with Gasteiger partial charge in [0.2, 0.25) is 0 Å². The Balaban J connectivity index is 1.28. The van der Waals surface area contributed by atoms with Gasteiger partial charge < -0.3 is 14.6 Å².